The number of ether oxygens (including phenoxy) is 1. The molecule has 0 radical (unpaired) electrons. The Morgan fingerprint density at radius 3 is 3.12 bits per heavy atom. The summed E-state index contributed by atoms with van der Waals surface area (Å²) in [5.74, 6) is 0.823. The van der Waals surface area contributed by atoms with Gasteiger partial charge < -0.3 is 4.74 Å². The van der Waals surface area contributed by atoms with Gasteiger partial charge in [0.25, 0.3) is 0 Å². The molecule has 0 bridgehead atoms. The summed E-state index contributed by atoms with van der Waals surface area (Å²) < 4.78 is 6.59. The summed E-state index contributed by atoms with van der Waals surface area (Å²) in [4.78, 5) is 14.8. The fourth-order valence-corrected chi connectivity index (χ4v) is 2.16. The van der Waals surface area contributed by atoms with Gasteiger partial charge in [-0.05, 0) is 18.6 Å². The highest BCUT2D eigenvalue weighted by molar-refractivity contribution is 7.20. The topological polar surface area (TPSA) is 39.2 Å². The summed E-state index contributed by atoms with van der Waals surface area (Å²) >= 11 is 1.40. The molecule has 0 amide bonds. The molecule has 0 spiro atoms. The molecule has 3 nitrogen and oxygen atoms in total. The van der Waals surface area contributed by atoms with Crippen molar-refractivity contribution in [2.24, 2.45) is 0 Å². The van der Waals surface area contributed by atoms with Crippen LogP contribution < -0.4 is 4.74 Å². The zero-order valence-electron chi connectivity index (χ0n) is 9.10. The van der Waals surface area contributed by atoms with E-state index in [1.165, 1.54) is 11.3 Å². The molecule has 2 aromatic rings. The maximum Gasteiger partial charge on any atom is 0.178 e. The van der Waals surface area contributed by atoms with Crippen molar-refractivity contribution in [3.05, 3.63) is 23.2 Å². The van der Waals surface area contributed by atoms with E-state index < -0.39 is 0 Å². The van der Waals surface area contributed by atoms with Gasteiger partial charge in [0.05, 0.1) is 16.8 Å². The van der Waals surface area contributed by atoms with E-state index in [9.17, 15) is 4.79 Å². The van der Waals surface area contributed by atoms with Crippen molar-refractivity contribution in [3.63, 3.8) is 0 Å². The molecular formula is C12H13NO2S. The maximum atomic E-state index is 10.6. The first-order valence-electron chi connectivity index (χ1n) is 5.32. The summed E-state index contributed by atoms with van der Waals surface area (Å²) in [6, 6.07) is 5.75. The Morgan fingerprint density at radius 2 is 2.38 bits per heavy atom. The summed E-state index contributed by atoms with van der Waals surface area (Å²) in [5.41, 5.74) is 0.834. The Hall–Kier alpha value is -1.42. The van der Waals surface area contributed by atoms with Crippen LogP contribution in [0.4, 0.5) is 0 Å². The first kappa shape index (κ1) is 11.1. The molecule has 1 aromatic heterocycles. The van der Waals surface area contributed by atoms with Crippen LogP contribution in [0.2, 0.25) is 0 Å². The summed E-state index contributed by atoms with van der Waals surface area (Å²) in [6.07, 6.45) is 2.95. The van der Waals surface area contributed by atoms with Gasteiger partial charge in [-0.3, -0.25) is 4.79 Å². The van der Waals surface area contributed by atoms with Crippen LogP contribution in [-0.2, 0) is 0 Å². The Labute approximate surface area is 98.1 Å². The van der Waals surface area contributed by atoms with Crippen LogP contribution in [0.15, 0.2) is 18.2 Å². The Balaban J connectivity index is 2.18. The highest BCUT2D eigenvalue weighted by Gasteiger charge is 2.04. The summed E-state index contributed by atoms with van der Waals surface area (Å²) in [7, 11) is 0. The minimum absolute atomic E-state index is 0.515. The van der Waals surface area contributed by atoms with Crippen molar-refractivity contribution in [2.45, 2.75) is 19.8 Å². The van der Waals surface area contributed by atoms with Gasteiger partial charge in [-0.2, -0.15) is 0 Å². The van der Waals surface area contributed by atoms with Gasteiger partial charge in [0.1, 0.15) is 5.75 Å². The standard InChI is InChI=1S/C12H13NO2S/c1-2-3-6-15-9-4-5-11-10(7-9)13-12(8-14)16-11/h4-5,7-8H,2-3,6H2,1H3. The van der Waals surface area contributed by atoms with E-state index in [2.05, 4.69) is 11.9 Å². The first-order valence-corrected chi connectivity index (χ1v) is 6.13. The Morgan fingerprint density at radius 1 is 1.50 bits per heavy atom. The molecule has 4 heteroatoms. The molecule has 0 aliphatic rings. The fourth-order valence-electron chi connectivity index (χ4n) is 1.40. The van der Waals surface area contributed by atoms with Crippen molar-refractivity contribution in [3.8, 4) is 5.75 Å². The number of aromatic nitrogens is 1. The largest absolute Gasteiger partial charge is 0.494 e. The molecule has 1 aromatic carbocycles. The third kappa shape index (κ3) is 2.39. The van der Waals surface area contributed by atoms with Crippen molar-refractivity contribution in [1.82, 2.24) is 4.98 Å². The van der Waals surface area contributed by atoms with Crippen LogP contribution in [0, 0.1) is 0 Å². The zero-order valence-corrected chi connectivity index (χ0v) is 9.92. The molecule has 0 saturated carbocycles. The van der Waals surface area contributed by atoms with Crippen molar-refractivity contribution < 1.29 is 9.53 Å². The molecule has 0 unspecified atom stereocenters. The van der Waals surface area contributed by atoms with Gasteiger partial charge in [0.15, 0.2) is 11.3 Å². The molecule has 0 saturated heterocycles. The molecule has 1 heterocycles. The lowest BCUT2D eigenvalue weighted by Gasteiger charge is -2.04. The minimum atomic E-state index is 0.515. The molecule has 0 atom stereocenters. The number of aldehydes is 1. The first-order chi connectivity index (χ1) is 7.83. The average molecular weight is 235 g/mol. The second-order valence-electron chi connectivity index (χ2n) is 3.50. The van der Waals surface area contributed by atoms with E-state index >= 15 is 0 Å². The van der Waals surface area contributed by atoms with Crippen LogP contribution >= 0.6 is 11.3 Å². The highest BCUT2D eigenvalue weighted by Crippen LogP contribution is 2.25. The highest BCUT2D eigenvalue weighted by atomic mass is 32.1. The normalized spacial score (nSPS) is 10.6. The lowest BCUT2D eigenvalue weighted by Crippen LogP contribution is -1.95. The van der Waals surface area contributed by atoms with Crippen LogP contribution in [0.25, 0.3) is 10.2 Å². The molecule has 16 heavy (non-hydrogen) atoms. The summed E-state index contributed by atoms with van der Waals surface area (Å²) in [5, 5.41) is 0.515. The Bertz CT molecular complexity index is 493. The van der Waals surface area contributed by atoms with Gasteiger partial charge in [-0.15, -0.1) is 11.3 Å². The number of carbonyl (C=O) groups is 1. The average Bonchev–Trinajstić information content (AvgIpc) is 2.71. The third-order valence-corrected chi connectivity index (χ3v) is 3.20. The molecule has 0 fully saturated rings. The zero-order chi connectivity index (χ0) is 11.4. The molecule has 0 aliphatic heterocycles. The monoisotopic (exact) mass is 235 g/mol. The number of nitrogens with zero attached hydrogens (tertiary/aromatic N) is 1. The van der Waals surface area contributed by atoms with E-state index in [4.69, 9.17) is 4.74 Å². The van der Waals surface area contributed by atoms with E-state index in [0.29, 0.717) is 5.01 Å². The molecule has 84 valence electrons. The van der Waals surface area contributed by atoms with Crippen LogP contribution in [0.3, 0.4) is 0 Å². The maximum absolute atomic E-state index is 10.6. The number of rotatable bonds is 5. The second kappa shape index (κ2) is 5.07. The fraction of sp³-hybridized carbons (Fsp3) is 0.333. The number of thiazole rings is 1. The van der Waals surface area contributed by atoms with Crippen LogP contribution in [0.5, 0.6) is 5.75 Å². The van der Waals surface area contributed by atoms with E-state index in [0.717, 1.165) is 41.7 Å². The number of fused-ring (bicyclic) bond motifs is 1. The van der Waals surface area contributed by atoms with E-state index in [-0.39, 0.29) is 0 Å². The summed E-state index contributed by atoms with van der Waals surface area (Å²) in [6.45, 7) is 2.86. The van der Waals surface area contributed by atoms with Gasteiger partial charge in [0.2, 0.25) is 0 Å². The minimum Gasteiger partial charge on any atom is -0.494 e. The number of unbranched alkanes of at least 4 members (excludes halogenated alkanes) is 1. The Kier molecular flexibility index (Phi) is 3.51. The van der Waals surface area contributed by atoms with Gasteiger partial charge in [-0.25, -0.2) is 4.98 Å². The third-order valence-electron chi connectivity index (χ3n) is 2.24. The predicted octanol–water partition coefficient (Wildman–Crippen LogP) is 3.29. The van der Waals surface area contributed by atoms with E-state index in [1.807, 2.05) is 18.2 Å². The van der Waals surface area contributed by atoms with Gasteiger partial charge >= 0.3 is 0 Å². The van der Waals surface area contributed by atoms with Crippen LogP contribution in [0.1, 0.15) is 29.6 Å². The molecular weight excluding hydrogens is 222 g/mol. The SMILES string of the molecule is CCCCOc1ccc2sc(C=O)nc2c1. The quantitative estimate of drug-likeness (QED) is 0.589. The lowest BCUT2D eigenvalue weighted by molar-refractivity contribution is 0.112. The smallest absolute Gasteiger partial charge is 0.178 e. The van der Waals surface area contributed by atoms with Gasteiger partial charge in [-0.1, -0.05) is 13.3 Å². The van der Waals surface area contributed by atoms with Gasteiger partial charge in [0, 0.05) is 6.07 Å². The molecule has 2 rings (SSSR count). The number of carbonyl (C=O) groups excluding carboxylic acids is 1. The second-order valence-corrected chi connectivity index (χ2v) is 4.56. The number of hydrogen-bond acceptors (Lipinski definition) is 4. The predicted molar refractivity (Wildman–Crippen MR) is 65.4 cm³/mol. The van der Waals surface area contributed by atoms with Crippen molar-refractivity contribution >= 4 is 27.8 Å². The number of benzene rings is 1. The lowest BCUT2D eigenvalue weighted by atomic mass is 10.3. The van der Waals surface area contributed by atoms with Crippen molar-refractivity contribution in [1.29, 1.82) is 0 Å². The van der Waals surface area contributed by atoms with E-state index in [1.54, 1.807) is 0 Å². The number of hydrogen-bond donors (Lipinski definition) is 0. The molecule has 0 N–H and O–H groups in total. The molecule has 0 aliphatic carbocycles. The van der Waals surface area contributed by atoms with Crippen molar-refractivity contribution in [2.75, 3.05) is 6.61 Å². The van der Waals surface area contributed by atoms with Crippen LogP contribution in [-0.4, -0.2) is 17.9 Å².